The Labute approximate surface area is 136 Å². The number of amides is 1. The lowest BCUT2D eigenvalue weighted by Crippen LogP contribution is -2.50. The second-order valence-corrected chi connectivity index (χ2v) is 5.83. The summed E-state index contributed by atoms with van der Waals surface area (Å²) in [5, 5.41) is 20.1. The van der Waals surface area contributed by atoms with Crippen LogP contribution < -0.4 is 10.9 Å². The van der Waals surface area contributed by atoms with Crippen LogP contribution in [-0.2, 0) is 0 Å². The zero-order valence-electron chi connectivity index (χ0n) is 12.8. The minimum atomic E-state index is -0.878. The first-order valence-corrected chi connectivity index (χ1v) is 7.68. The molecule has 4 rings (SSSR count). The second kappa shape index (κ2) is 5.60. The number of aliphatic imine (C=N–C) groups is 1. The molecule has 3 N–H and O–H groups in total. The maximum absolute atomic E-state index is 11.9. The van der Waals surface area contributed by atoms with Gasteiger partial charge in [-0.15, -0.1) is 0 Å². The molecule has 1 fully saturated rings. The molecule has 9 heteroatoms. The van der Waals surface area contributed by atoms with Crippen LogP contribution in [0.4, 0.5) is 16.3 Å². The SMILES string of the molecule is O=C(O)N1CCN(CC2=Nc3n[nH]c(=O)c4cccc(c34)N2)CC1. The Morgan fingerprint density at radius 2 is 2.04 bits per heavy atom. The van der Waals surface area contributed by atoms with Crippen molar-refractivity contribution in [1.82, 2.24) is 20.0 Å². The van der Waals surface area contributed by atoms with Crippen LogP contribution in [0.5, 0.6) is 0 Å². The number of H-pyrrole nitrogens is 1. The predicted octanol–water partition coefficient (Wildman–Crippen LogP) is 0.674. The van der Waals surface area contributed by atoms with E-state index in [2.05, 4.69) is 25.4 Å². The van der Waals surface area contributed by atoms with Gasteiger partial charge in [0.15, 0.2) is 5.82 Å². The fourth-order valence-electron chi connectivity index (χ4n) is 3.08. The summed E-state index contributed by atoms with van der Waals surface area (Å²) < 4.78 is 0. The number of hydrogen-bond acceptors (Lipinski definition) is 6. The number of aromatic nitrogens is 2. The van der Waals surface area contributed by atoms with Crippen molar-refractivity contribution in [2.75, 3.05) is 38.0 Å². The van der Waals surface area contributed by atoms with Crippen molar-refractivity contribution in [1.29, 1.82) is 0 Å². The van der Waals surface area contributed by atoms with Crippen molar-refractivity contribution < 1.29 is 9.90 Å². The predicted molar refractivity (Wildman–Crippen MR) is 89.1 cm³/mol. The molecule has 0 spiro atoms. The lowest BCUT2D eigenvalue weighted by Gasteiger charge is -2.33. The van der Waals surface area contributed by atoms with Crippen LogP contribution in [0, 0.1) is 0 Å². The Morgan fingerprint density at radius 1 is 1.25 bits per heavy atom. The third kappa shape index (κ3) is 2.48. The summed E-state index contributed by atoms with van der Waals surface area (Å²) in [6.07, 6.45) is -0.878. The fraction of sp³-hybridized carbons (Fsp3) is 0.333. The van der Waals surface area contributed by atoms with Gasteiger partial charge in [-0.2, -0.15) is 5.10 Å². The molecule has 9 nitrogen and oxygen atoms in total. The van der Waals surface area contributed by atoms with E-state index in [0.717, 1.165) is 16.9 Å². The molecule has 0 aliphatic carbocycles. The topological polar surface area (TPSA) is 114 Å². The maximum Gasteiger partial charge on any atom is 0.407 e. The molecule has 1 aromatic carbocycles. The Kier molecular flexibility index (Phi) is 3.42. The summed E-state index contributed by atoms with van der Waals surface area (Å²) in [4.78, 5) is 30.9. The average Bonchev–Trinajstić information content (AvgIpc) is 2.58. The first kappa shape index (κ1) is 14.6. The normalized spacial score (nSPS) is 17.5. The minimum Gasteiger partial charge on any atom is -0.465 e. The Hall–Kier alpha value is -2.94. The smallest absolute Gasteiger partial charge is 0.407 e. The molecule has 24 heavy (non-hydrogen) atoms. The maximum atomic E-state index is 11.9. The summed E-state index contributed by atoms with van der Waals surface area (Å²) in [7, 11) is 0. The lowest BCUT2D eigenvalue weighted by molar-refractivity contribution is 0.111. The molecule has 2 aliphatic rings. The van der Waals surface area contributed by atoms with Gasteiger partial charge in [0.05, 0.1) is 23.0 Å². The van der Waals surface area contributed by atoms with E-state index in [1.54, 1.807) is 6.07 Å². The van der Waals surface area contributed by atoms with Gasteiger partial charge < -0.3 is 15.3 Å². The molecule has 124 valence electrons. The van der Waals surface area contributed by atoms with E-state index < -0.39 is 6.09 Å². The van der Waals surface area contributed by atoms with Crippen LogP contribution in [0.25, 0.3) is 10.8 Å². The monoisotopic (exact) mass is 328 g/mol. The summed E-state index contributed by atoms with van der Waals surface area (Å²) in [6.45, 7) is 2.86. The first-order valence-electron chi connectivity index (χ1n) is 7.68. The van der Waals surface area contributed by atoms with Crippen molar-refractivity contribution in [3.8, 4) is 0 Å². The van der Waals surface area contributed by atoms with Crippen LogP contribution in [0.15, 0.2) is 28.0 Å². The van der Waals surface area contributed by atoms with Gasteiger partial charge in [0.1, 0.15) is 5.84 Å². The molecule has 0 unspecified atom stereocenters. The largest absolute Gasteiger partial charge is 0.465 e. The summed E-state index contributed by atoms with van der Waals surface area (Å²) in [5.41, 5.74) is 0.580. The molecular formula is C15H16N6O3. The molecule has 1 aromatic heterocycles. The van der Waals surface area contributed by atoms with Crippen molar-refractivity contribution in [2.45, 2.75) is 0 Å². The summed E-state index contributed by atoms with van der Waals surface area (Å²) in [5.74, 6) is 1.23. The summed E-state index contributed by atoms with van der Waals surface area (Å²) in [6, 6.07) is 5.46. The Bertz CT molecular complexity index is 898. The molecule has 0 bridgehead atoms. The number of rotatable bonds is 2. The highest BCUT2D eigenvalue weighted by atomic mass is 16.4. The highest BCUT2D eigenvalue weighted by Crippen LogP contribution is 2.31. The quantitative estimate of drug-likeness (QED) is 0.747. The molecule has 2 aromatic rings. The number of aromatic amines is 1. The van der Waals surface area contributed by atoms with Gasteiger partial charge in [0, 0.05) is 26.2 Å². The fourth-order valence-corrected chi connectivity index (χ4v) is 3.08. The Morgan fingerprint density at radius 3 is 2.79 bits per heavy atom. The first-order chi connectivity index (χ1) is 11.6. The lowest BCUT2D eigenvalue weighted by atomic mass is 10.1. The zero-order chi connectivity index (χ0) is 16.7. The third-order valence-corrected chi connectivity index (χ3v) is 4.33. The average molecular weight is 328 g/mol. The molecule has 1 saturated heterocycles. The molecule has 2 aliphatic heterocycles. The molecule has 3 heterocycles. The highest BCUT2D eigenvalue weighted by Gasteiger charge is 2.23. The van der Waals surface area contributed by atoms with E-state index in [9.17, 15) is 9.59 Å². The van der Waals surface area contributed by atoms with E-state index in [1.165, 1.54) is 4.90 Å². The number of piperazine rings is 1. The zero-order valence-corrected chi connectivity index (χ0v) is 12.8. The number of nitrogens with zero attached hydrogens (tertiary/aromatic N) is 4. The van der Waals surface area contributed by atoms with Crippen LogP contribution in [0.3, 0.4) is 0 Å². The van der Waals surface area contributed by atoms with Crippen molar-refractivity contribution in [2.24, 2.45) is 4.99 Å². The van der Waals surface area contributed by atoms with Gasteiger partial charge in [-0.1, -0.05) is 6.07 Å². The molecular weight excluding hydrogens is 312 g/mol. The van der Waals surface area contributed by atoms with Crippen molar-refractivity contribution in [3.05, 3.63) is 28.6 Å². The van der Waals surface area contributed by atoms with E-state index in [4.69, 9.17) is 5.11 Å². The van der Waals surface area contributed by atoms with E-state index in [0.29, 0.717) is 43.9 Å². The molecule has 0 atom stereocenters. The van der Waals surface area contributed by atoms with Crippen LogP contribution >= 0.6 is 0 Å². The summed E-state index contributed by atoms with van der Waals surface area (Å²) >= 11 is 0. The van der Waals surface area contributed by atoms with E-state index >= 15 is 0 Å². The minimum absolute atomic E-state index is 0.235. The van der Waals surface area contributed by atoms with Gasteiger partial charge in [-0.3, -0.25) is 9.69 Å². The molecule has 1 amide bonds. The number of carboxylic acid groups (broad SMARTS) is 1. The second-order valence-electron chi connectivity index (χ2n) is 5.83. The van der Waals surface area contributed by atoms with Crippen molar-refractivity contribution in [3.63, 3.8) is 0 Å². The van der Waals surface area contributed by atoms with Crippen LogP contribution in [0.1, 0.15) is 0 Å². The third-order valence-electron chi connectivity index (χ3n) is 4.33. The van der Waals surface area contributed by atoms with Gasteiger partial charge in [-0.25, -0.2) is 14.9 Å². The van der Waals surface area contributed by atoms with Crippen LogP contribution in [-0.4, -0.2) is 69.8 Å². The Balaban J connectivity index is 1.56. The molecule has 0 radical (unpaired) electrons. The number of nitrogens with one attached hydrogen (secondary N) is 2. The number of anilines is 1. The van der Waals surface area contributed by atoms with Crippen LogP contribution in [0.2, 0.25) is 0 Å². The molecule has 0 saturated carbocycles. The number of benzene rings is 1. The number of hydrogen-bond donors (Lipinski definition) is 3. The number of carbonyl (C=O) groups is 1. The van der Waals surface area contributed by atoms with Gasteiger partial charge >= 0.3 is 6.09 Å². The van der Waals surface area contributed by atoms with Gasteiger partial charge in [-0.05, 0) is 12.1 Å². The van der Waals surface area contributed by atoms with E-state index in [-0.39, 0.29) is 5.56 Å². The van der Waals surface area contributed by atoms with Gasteiger partial charge in [0.25, 0.3) is 5.56 Å². The van der Waals surface area contributed by atoms with Gasteiger partial charge in [0.2, 0.25) is 0 Å². The van der Waals surface area contributed by atoms with Crippen molar-refractivity contribution >= 4 is 34.2 Å². The highest BCUT2D eigenvalue weighted by molar-refractivity contribution is 6.12. The standard InChI is InChI=1S/C15H16N6O3/c22-14-9-2-1-3-10-12(9)13(18-19-14)17-11(16-10)8-20-4-6-21(7-5-20)15(23)24/h1-3H,4-8H2,(H,19,22)(H,23,24)(H,16,17,18). The number of amidine groups is 1. The van der Waals surface area contributed by atoms with E-state index in [1.807, 2.05) is 12.1 Å².